The first-order chi connectivity index (χ1) is 24.2. The first-order valence-electron chi connectivity index (χ1n) is 16.7. The highest BCUT2D eigenvalue weighted by Crippen LogP contribution is 2.54. The van der Waals surface area contributed by atoms with E-state index in [9.17, 15) is 28.8 Å². The number of fused-ring (bicyclic) bond motifs is 3. The zero-order chi connectivity index (χ0) is 37.6. The molecule has 2 aromatic rings. The number of amides is 2. The van der Waals surface area contributed by atoms with E-state index in [0.717, 1.165) is 31.2 Å². The molecule has 1 aliphatic rings. The third kappa shape index (κ3) is 13.3. The van der Waals surface area contributed by atoms with Crippen molar-refractivity contribution >= 4 is 67.6 Å². The van der Waals surface area contributed by atoms with Crippen molar-refractivity contribution in [3.05, 3.63) is 56.5 Å². The third-order valence-corrected chi connectivity index (χ3v) is 9.90. The lowest BCUT2D eigenvalue weighted by Gasteiger charge is -2.32. The van der Waals surface area contributed by atoms with Gasteiger partial charge in [-0.25, -0.2) is 0 Å². The molecule has 0 aliphatic heterocycles. The highest BCUT2D eigenvalue weighted by Gasteiger charge is 2.43. The Morgan fingerprint density at radius 1 is 0.529 bits per heavy atom. The van der Waals surface area contributed by atoms with Gasteiger partial charge < -0.3 is 40.9 Å². The van der Waals surface area contributed by atoms with Crippen molar-refractivity contribution in [1.82, 2.24) is 20.4 Å². The number of carbonyl (C=O) groups excluding carboxylic acids is 2. The fraction of sp³-hybridized carbons (Fsp3) is 0.486. The molecule has 16 heteroatoms. The molecule has 0 bridgehead atoms. The Bertz CT molecular complexity index is 1440. The van der Waals surface area contributed by atoms with Crippen LogP contribution in [0.3, 0.4) is 0 Å². The van der Waals surface area contributed by atoms with Crippen LogP contribution in [0.4, 0.5) is 0 Å². The summed E-state index contributed by atoms with van der Waals surface area (Å²) in [5.74, 6) is -4.47. The van der Waals surface area contributed by atoms with Gasteiger partial charge in [-0.1, -0.05) is 44.0 Å². The number of halogens is 2. The maximum atomic E-state index is 13.3. The Morgan fingerprint density at radius 3 is 1.18 bits per heavy atom. The van der Waals surface area contributed by atoms with Gasteiger partial charge in [-0.3, -0.25) is 28.8 Å². The van der Waals surface area contributed by atoms with Crippen LogP contribution >= 0.6 is 31.9 Å². The number of carboxylic acids is 4. The molecule has 51 heavy (non-hydrogen) atoms. The maximum Gasteiger partial charge on any atom is 0.304 e. The van der Waals surface area contributed by atoms with E-state index in [-0.39, 0.29) is 103 Å². The van der Waals surface area contributed by atoms with Crippen molar-refractivity contribution in [2.45, 2.75) is 56.8 Å². The number of nitrogens with one attached hydrogen (secondary N) is 2. The Labute approximate surface area is 312 Å². The Hall–Kier alpha value is -3.86. The first kappa shape index (κ1) is 41.6. The van der Waals surface area contributed by atoms with E-state index < -0.39 is 29.3 Å². The molecule has 278 valence electrons. The van der Waals surface area contributed by atoms with E-state index in [4.69, 9.17) is 20.4 Å². The monoisotopic (exact) mass is 838 g/mol. The predicted molar refractivity (Wildman–Crippen MR) is 194 cm³/mol. The van der Waals surface area contributed by atoms with Gasteiger partial charge in [-0.15, -0.1) is 0 Å². The van der Waals surface area contributed by atoms with Crippen molar-refractivity contribution in [3.8, 4) is 11.1 Å². The van der Waals surface area contributed by atoms with Crippen LogP contribution in [0.2, 0.25) is 0 Å². The van der Waals surface area contributed by atoms with E-state index in [1.807, 2.05) is 36.4 Å². The van der Waals surface area contributed by atoms with Crippen molar-refractivity contribution < 1.29 is 49.2 Å². The average molecular weight is 841 g/mol. The minimum atomic E-state index is -0.998. The molecule has 1 aliphatic carbocycles. The van der Waals surface area contributed by atoms with Crippen molar-refractivity contribution in [1.29, 1.82) is 0 Å². The van der Waals surface area contributed by atoms with Crippen molar-refractivity contribution in [3.63, 3.8) is 0 Å². The average Bonchev–Trinajstić information content (AvgIpc) is 3.32. The van der Waals surface area contributed by atoms with Crippen LogP contribution in [0.1, 0.15) is 62.5 Å². The van der Waals surface area contributed by atoms with Gasteiger partial charge in [0.05, 0.1) is 25.7 Å². The van der Waals surface area contributed by atoms with Crippen LogP contribution in [0, 0.1) is 0 Å². The Balaban J connectivity index is 1.74. The van der Waals surface area contributed by atoms with E-state index in [1.54, 1.807) is 9.80 Å². The summed E-state index contributed by atoms with van der Waals surface area (Å²) in [5.41, 5.74) is 3.25. The molecule has 0 saturated heterocycles. The highest BCUT2D eigenvalue weighted by molar-refractivity contribution is 9.10. The molecule has 0 atom stereocenters. The first-order valence-corrected chi connectivity index (χ1v) is 18.2. The van der Waals surface area contributed by atoms with Crippen LogP contribution in [0.15, 0.2) is 45.3 Å². The summed E-state index contributed by atoms with van der Waals surface area (Å²) in [7, 11) is 0. The van der Waals surface area contributed by atoms with Crippen LogP contribution in [0.25, 0.3) is 11.1 Å². The largest absolute Gasteiger partial charge is 0.481 e. The number of carbonyl (C=O) groups is 6. The number of rotatable bonds is 24. The molecule has 6 N–H and O–H groups in total. The zero-order valence-electron chi connectivity index (χ0n) is 28.2. The summed E-state index contributed by atoms with van der Waals surface area (Å²) in [4.78, 5) is 74.2. The van der Waals surface area contributed by atoms with Crippen LogP contribution in [-0.2, 0) is 34.2 Å². The number of hydrogen-bond acceptors (Lipinski definition) is 8. The topological polar surface area (TPSA) is 214 Å². The van der Waals surface area contributed by atoms with Gasteiger partial charge in [-0.2, -0.15) is 0 Å². The van der Waals surface area contributed by atoms with E-state index in [0.29, 0.717) is 12.8 Å². The molecule has 0 spiro atoms. The van der Waals surface area contributed by atoms with E-state index >= 15 is 0 Å². The number of hydrogen-bond donors (Lipinski definition) is 6. The van der Waals surface area contributed by atoms with Crippen LogP contribution < -0.4 is 10.6 Å². The summed E-state index contributed by atoms with van der Waals surface area (Å²) in [6, 6.07) is 12.0. The normalized spacial score (nSPS) is 12.7. The standard InChI is InChI=1S/C35H44Br2N4O10/c36-23-1-3-25-26-4-2-24(37)22-28(26)35(27(25)21-23,11-5-29(42)38-13-19-40(15-7-31(44)45)16-8-32(46)47)12-6-30(43)39-14-20-41(17-9-33(48)49)18-10-34(50)51/h1-4,21-22H,5-20H2,(H,38,42)(H,39,43)(H,44,45)(H,46,47)(H,48,49)(H,50,51). The zero-order valence-corrected chi connectivity index (χ0v) is 31.3. The van der Waals surface area contributed by atoms with Crippen molar-refractivity contribution in [2.75, 3.05) is 52.4 Å². The fourth-order valence-electron chi connectivity index (χ4n) is 6.33. The number of aliphatic carboxylic acids is 4. The lowest BCUT2D eigenvalue weighted by Crippen LogP contribution is -2.38. The molecule has 0 fully saturated rings. The number of nitrogens with zero attached hydrogens (tertiary/aromatic N) is 2. The fourth-order valence-corrected chi connectivity index (χ4v) is 7.05. The van der Waals surface area contributed by atoms with Gasteiger partial charge in [0.25, 0.3) is 0 Å². The molecule has 0 saturated carbocycles. The quantitative estimate of drug-likeness (QED) is 0.0892. The summed E-state index contributed by atoms with van der Waals surface area (Å²) in [6.07, 6.45) is 0.376. The Morgan fingerprint density at radius 2 is 0.863 bits per heavy atom. The summed E-state index contributed by atoms with van der Waals surface area (Å²) < 4.78 is 1.69. The molecule has 14 nitrogen and oxygen atoms in total. The maximum absolute atomic E-state index is 13.3. The van der Waals surface area contributed by atoms with Gasteiger partial charge in [0, 0.05) is 79.6 Å². The molecular formula is C35H44Br2N4O10. The second-order valence-corrected chi connectivity index (χ2v) is 14.3. The van der Waals surface area contributed by atoms with E-state index in [1.165, 1.54) is 0 Å². The minimum absolute atomic E-state index is 0.117. The lowest BCUT2D eigenvalue weighted by molar-refractivity contribution is -0.139. The Kier molecular flexibility index (Phi) is 16.5. The second kappa shape index (κ2) is 20.2. The van der Waals surface area contributed by atoms with E-state index in [2.05, 4.69) is 42.5 Å². The third-order valence-electron chi connectivity index (χ3n) is 8.91. The van der Waals surface area contributed by atoms with Crippen molar-refractivity contribution in [2.24, 2.45) is 0 Å². The summed E-state index contributed by atoms with van der Waals surface area (Å²) in [6.45, 7) is 1.60. The van der Waals surface area contributed by atoms with Crippen LogP contribution in [0.5, 0.6) is 0 Å². The summed E-state index contributed by atoms with van der Waals surface area (Å²) >= 11 is 7.19. The lowest BCUT2D eigenvalue weighted by atomic mass is 9.71. The van der Waals surface area contributed by atoms with Crippen LogP contribution in [-0.4, -0.2) is 118 Å². The SMILES string of the molecule is O=C(O)CCN(CCNC(=O)CCC1(CCC(=O)NCCN(CCC(=O)O)CCC(=O)O)c2cc(Br)ccc2-c2ccc(Br)cc21)CCC(=O)O. The van der Waals surface area contributed by atoms with Gasteiger partial charge >= 0.3 is 23.9 Å². The second-order valence-electron chi connectivity index (χ2n) is 12.4. The number of carboxylic acid groups (broad SMARTS) is 4. The predicted octanol–water partition coefficient (Wildman–Crippen LogP) is 3.77. The summed E-state index contributed by atoms with van der Waals surface area (Å²) in [5, 5.41) is 42.0. The highest BCUT2D eigenvalue weighted by atomic mass is 79.9. The molecular weight excluding hydrogens is 796 g/mol. The van der Waals surface area contributed by atoms with Gasteiger partial charge in [0.1, 0.15) is 0 Å². The minimum Gasteiger partial charge on any atom is -0.481 e. The molecule has 0 heterocycles. The molecule has 3 rings (SSSR count). The molecule has 2 aromatic carbocycles. The van der Waals surface area contributed by atoms with Gasteiger partial charge in [-0.05, 0) is 59.4 Å². The number of benzene rings is 2. The van der Waals surface area contributed by atoms with Gasteiger partial charge in [0.2, 0.25) is 11.8 Å². The smallest absolute Gasteiger partial charge is 0.304 e. The molecule has 0 radical (unpaired) electrons. The molecule has 2 amide bonds. The van der Waals surface area contributed by atoms with Gasteiger partial charge in [0.15, 0.2) is 0 Å². The molecule has 0 unspecified atom stereocenters. The molecule has 0 aromatic heterocycles.